The number of hydrogen-bond acceptors (Lipinski definition) is 4. The fourth-order valence-electron chi connectivity index (χ4n) is 2.52. The highest BCUT2D eigenvalue weighted by Crippen LogP contribution is 2.27. The zero-order valence-electron chi connectivity index (χ0n) is 11.8. The van der Waals surface area contributed by atoms with Crippen LogP contribution in [0.1, 0.15) is 22.6 Å². The Hall–Kier alpha value is -1.93. The summed E-state index contributed by atoms with van der Waals surface area (Å²) in [6.07, 6.45) is -1.17. The van der Waals surface area contributed by atoms with Crippen LogP contribution in [0, 0.1) is 0 Å². The monoisotopic (exact) mass is 344 g/mol. The Balaban J connectivity index is 1.84. The fraction of sp³-hybridized carbons (Fsp3) is 0.357. The molecule has 0 unspecified atom stereocenters. The molecule has 0 aromatic carbocycles. The van der Waals surface area contributed by atoms with Gasteiger partial charge in [0.15, 0.2) is 0 Å². The molecule has 122 valence electrons. The van der Waals surface area contributed by atoms with Gasteiger partial charge in [-0.2, -0.15) is 13.2 Å². The maximum Gasteiger partial charge on any atom is 0.449 e. The number of alkyl halides is 3. The van der Waals surface area contributed by atoms with Crippen LogP contribution in [0.25, 0.3) is 0 Å². The summed E-state index contributed by atoms with van der Waals surface area (Å²) in [7, 11) is 0. The number of fused-ring (bicyclic) bond motifs is 1. The van der Waals surface area contributed by atoms with Crippen molar-refractivity contribution in [3.63, 3.8) is 0 Å². The SMILES string of the molecule is O=c1[nH]c(C(F)(F)F)nc2c1CN(Cc1cnccc1Cl)CC2. The third kappa shape index (κ3) is 3.37. The van der Waals surface area contributed by atoms with Crippen molar-refractivity contribution >= 4 is 11.6 Å². The molecule has 5 nitrogen and oxygen atoms in total. The number of H-pyrrole nitrogens is 1. The summed E-state index contributed by atoms with van der Waals surface area (Å²) >= 11 is 6.07. The van der Waals surface area contributed by atoms with E-state index in [1.807, 2.05) is 9.88 Å². The van der Waals surface area contributed by atoms with Gasteiger partial charge < -0.3 is 4.98 Å². The molecule has 23 heavy (non-hydrogen) atoms. The first-order valence-electron chi connectivity index (χ1n) is 6.84. The third-order valence-electron chi connectivity index (χ3n) is 3.65. The highest BCUT2D eigenvalue weighted by molar-refractivity contribution is 6.31. The summed E-state index contributed by atoms with van der Waals surface area (Å²) in [4.78, 5) is 23.2. The van der Waals surface area contributed by atoms with Crippen LogP contribution in [-0.4, -0.2) is 26.4 Å². The topological polar surface area (TPSA) is 61.9 Å². The largest absolute Gasteiger partial charge is 0.449 e. The van der Waals surface area contributed by atoms with Gasteiger partial charge in [-0.1, -0.05) is 11.6 Å². The predicted molar refractivity (Wildman–Crippen MR) is 76.9 cm³/mol. The molecule has 0 bridgehead atoms. The second-order valence-corrected chi connectivity index (χ2v) is 5.67. The van der Waals surface area contributed by atoms with Crippen LogP contribution in [0.4, 0.5) is 13.2 Å². The van der Waals surface area contributed by atoms with E-state index in [1.165, 1.54) is 0 Å². The number of aromatic amines is 1. The first kappa shape index (κ1) is 15.9. The van der Waals surface area contributed by atoms with Crippen molar-refractivity contribution < 1.29 is 13.2 Å². The molecule has 9 heteroatoms. The summed E-state index contributed by atoms with van der Waals surface area (Å²) < 4.78 is 38.0. The van der Waals surface area contributed by atoms with E-state index < -0.39 is 17.6 Å². The molecule has 1 aliphatic heterocycles. The van der Waals surface area contributed by atoms with Crippen LogP contribution < -0.4 is 5.56 Å². The third-order valence-corrected chi connectivity index (χ3v) is 4.02. The summed E-state index contributed by atoms with van der Waals surface area (Å²) in [5.74, 6) is -1.25. The van der Waals surface area contributed by atoms with Crippen LogP contribution in [-0.2, 0) is 25.7 Å². The Morgan fingerprint density at radius 2 is 2.17 bits per heavy atom. The smallest absolute Gasteiger partial charge is 0.303 e. The van der Waals surface area contributed by atoms with Gasteiger partial charge in [0.2, 0.25) is 5.82 Å². The van der Waals surface area contributed by atoms with E-state index in [4.69, 9.17) is 11.6 Å². The zero-order valence-corrected chi connectivity index (χ0v) is 12.6. The molecule has 0 amide bonds. The normalized spacial score (nSPS) is 15.5. The molecule has 2 aromatic heterocycles. The summed E-state index contributed by atoms with van der Waals surface area (Å²) in [5.41, 5.74) is 0.525. The molecule has 0 spiro atoms. The van der Waals surface area contributed by atoms with E-state index in [2.05, 4.69) is 9.97 Å². The van der Waals surface area contributed by atoms with Crippen LogP contribution in [0.2, 0.25) is 5.02 Å². The van der Waals surface area contributed by atoms with Crippen molar-refractivity contribution in [2.75, 3.05) is 6.54 Å². The molecule has 0 aliphatic carbocycles. The number of nitrogens with zero attached hydrogens (tertiary/aromatic N) is 3. The number of rotatable bonds is 2. The molecule has 3 heterocycles. The Labute approximate surface area is 134 Å². The standard InChI is InChI=1S/C14H12ClF3N4O/c15-10-1-3-19-5-8(10)6-22-4-2-11-9(7-22)12(23)21-13(20-11)14(16,17)18/h1,3,5H,2,4,6-7H2,(H,20,21,23). The number of hydrogen-bond donors (Lipinski definition) is 1. The molecule has 1 N–H and O–H groups in total. The van der Waals surface area contributed by atoms with Crippen molar-refractivity contribution in [1.29, 1.82) is 0 Å². The lowest BCUT2D eigenvalue weighted by Gasteiger charge is -2.28. The van der Waals surface area contributed by atoms with Gasteiger partial charge in [-0.15, -0.1) is 0 Å². The minimum atomic E-state index is -4.66. The Kier molecular flexibility index (Phi) is 4.11. The molecule has 1 aliphatic rings. The fourth-order valence-corrected chi connectivity index (χ4v) is 2.68. The van der Waals surface area contributed by atoms with Gasteiger partial charge in [0.25, 0.3) is 5.56 Å². The van der Waals surface area contributed by atoms with Gasteiger partial charge in [0.05, 0.1) is 11.3 Å². The minimum Gasteiger partial charge on any atom is -0.303 e. The maximum absolute atomic E-state index is 12.7. The average Bonchev–Trinajstić information content (AvgIpc) is 2.49. The lowest BCUT2D eigenvalue weighted by molar-refractivity contribution is -0.145. The summed E-state index contributed by atoms with van der Waals surface area (Å²) in [5, 5.41) is 0.560. The molecule has 0 saturated heterocycles. The first-order valence-corrected chi connectivity index (χ1v) is 7.22. The lowest BCUT2D eigenvalue weighted by atomic mass is 10.1. The zero-order chi connectivity index (χ0) is 16.6. The molecule has 0 saturated carbocycles. The van der Waals surface area contributed by atoms with Gasteiger partial charge in [-0.25, -0.2) is 4.98 Å². The van der Waals surface area contributed by atoms with E-state index in [0.717, 1.165) is 5.56 Å². The van der Waals surface area contributed by atoms with Crippen LogP contribution in [0.5, 0.6) is 0 Å². The van der Waals surface area contributed by atoms with Gasteiger partial charge in [-0.05, 0) is 6.07 Å². The first-order chi connectivity index (χ1) is 10.8. The van der Waals surface area contributed by atoms with Crippen molar-refractivity contribution in [1.82, 2.24) is 19.9 Å². The van der Waals surface area contributed by atoms with Crippen molar-refractivity contribution in [3.05, 3.63) is 56.5 Å². The van der Waals surface area contributed by atoms with Crippen molar-refractivity contribution in [3.8, 4) is 0 Å². The highest BCUT2D eigenvalue weighted by Gasteiger charge is 2.35. The van der Waals surface area contributed by atoms with Crippen LogP contribution in [0.15, 0.2) is 23.3 Å². The van der Waals surface area contributed by atoms with E-state index in [1.54, 1.807) is 18.5 Å². The quantitative estimate of drug-likeness (QED) is 0.908. The Morgan fingerprint density at radius 1 is 1.39 bits per heavy atom. The number of aromatic nitrogens is 3. The predicted octanol–water partition coefficient (Wildman–Crippen LogP) is 2.40. The summed E-state index contributed by atoms with van der Waals surface area (Å²) in [6.45, 7) is 1.18. The van der Waals surface area contributed by atoms with Crippen molar-refractivity contribution in [2.24, 2.45) is 0 Å². The summed E-state index contributed by atoms with van der Waals surface area (Å²) in [6, 6.07) is 1.67. The van der Waals surface area contributed by atoms with E-state index >= 15 is 0 Å². The van der Waals surface area contributed by atoms with Crippen LogP contribution in [0.3, 0.4) is 0 Å². The van der Waals surface area contributed by atoms with Gasteiger partial charge in [-0.3, -0.25) is 14.7 Å². The lowest BCUT2D eigenvalue weighted by Crippen LogP contribution is -2.36. The number of pyridine rings is 1. The van der Waals surface area contributed by atoms with E-state index in [-0.39, 0.29) is 24.2 Å². The number of nitrogens with one attached hydrogen (secondary N) is 1. The maximum atomic E-state index is 12.7. The van der Waals surface area contributed by atoms with Crippen molar-refractivity contribution in [2.45, 2.75) is 25.7 Å². The molecular formula is C14H12ClF3N4O. The Bertz CT molecular complexity index is 790. The average molecular weight is 345 g/mol. The molecule has 2 aromatic rings. The van der Waals surface area contributed by atoms with Gasteiger partial charge in [0, 0.05) is 49.0 Å². The number of halogens is 4. The molecule has 0 fully saturated rings. The van der Waals surface area contributed by atoms with Gasteiger partial charge in [0.1, 0.15) is 0 Å². The second kappa shape index (κ2) is 5.93. The molecule has 0 atom stereocenters. The van der Waals surface area contributed by atoms with Crippen LogP contribution >= 0.6 is 11.6 Å². The van der Waals surface area contributed by atoms with E-state index in [0.29, 0.717) is 18.1 Å². The Morgan fingerprint density at radius 3 is 2.87 bits per heavy atom. The molecule has 3 rings (SSSR count). The molecule has 0 radical (unpaired) electrons. The van der Waals surface area contributed by atoms with E-state index in [9.17, 15) is 18.0 Å². The highest BCUT2D eigenvalue weighted by atomic mass is 35.5. The molecular weight excluding hydrogens is 333 g/mol. The van der Waals surface area contributed by atoms with Gasteiger partial charge >= 0.3 is 6.18 Å². The second-order valence-electron chi connectivity index (χ2n) is 5.27. The minimum absolute atomic E-state index is 0.203.